The van der Waals surface area contributed by atoms with E-state index in [1.807, 2.05) is 12.1 Å². The number of esters is 1. The first kappa shape index (κ1) is 30.0. The number of carbonyl (C=O) groups is 1. The highest BCUT2D eigenvalue weighted by atomic mass is 19.1. The number of carbonyl (C=O) groups excluding carboxylic acids is 1. The van der Waals surface area contributed by atoms with Gasteiger partial charge in [0.2, 0.25) is 0 Å². The predicted octanol–water partition coefficient (Wildman–Crippen LogP) is 11.1. The standard InChI is InChI=1S/C37H47FO2/c1-3-5-7-9-11-28-13-17-30(18-14-28)31-21-24-34(25-22-31)40-37(39)33-23-26-35(36(38)27-33)32-19-15-29(16-20-32)12-10-8-6-4-2/h13-14,17-18,21-27,29,32H,3-12,15-16,19-20H2,1-2H3. The molecule has 4 rings (SSSR count). The molecule has 0 unspecified atom stereocenters. The Kier molecular flexibility index (Phi) is 11.8. The average Bonchev–Trinajstić information content (AvgIpc) is 2.99. The Morgan fingerprint density at radius 1 is 0.750 bits per heavy atom. The summed E-state index contributed by atoms with van der Waals surface area (Å²) in [7, 11) is 0. The van der Waals surface area contributed by atoms with Crippen molar-refractivity contribution in [3.63, 3.8) is 0 Å². The van der Waals surface area contributed by atoms with Crippen LogP contribution in [0.5, 0.6) is 5.75 Å². The summed E-state index contributed by atoms with van der Waals surface area (Å²) in [6, 6.07) is 21.1. The summed E-state index contributed by atoms with van der Waals surface area (Å²) in [5.41, 5.74) is 4.58. The summed E-state index contributed by atoms with van der Waals surface area (Å²) in [5, 5.41) is 0. The van der Waals surface area contributed by atoms with Gasteiger partial charge >= 0.3 is 5.97 Å². The van der Waals surface area contributed by atoms with Crippen molar-refractivity contribution in [2.24, 2.45) is 5.92 Å². The zero-order chi connectivity index (χ0) is 28.2. The maximum Gasteiger partial charge on any atom is 0.343 e. The molecule has 2 nitrogen and oxygen atoms in total. The summed E-state index contributed by atoms with van der Waals surface area (Å²) in [5.74, 6) is 0.686. The number of ether oxygens (including phenoxy) is 1. The van der Waals surface area contributed by atoms with Crippen LogP contribution in [0.15, 0.2) is 66.7 Å². The first-order valence-electron chi connectivity index (χ1n) is 15.8. The average molecular weight is 543 g/mol. The highest BCUT2D eigenvalue weighted by molar-refractivity contribution is 5.91. The van der Waals surface area contributed by atoms with Crippen LogP contribution in [0.1, 0.15) is 125 Å². The van der Waals surface area contributed by atoms with Crippen molar-refractivity contribution in [1.82, 2.24) is 0 Å². The molecule has 1 saturated carbocycles. The Bertz CT molecular complexity index is 1170. The molecule has 0 aliphatic heterocycles. The minimum atomic E-state index is -0.526. The molecule has 3 aromatic rings. The number of unbranched alkanes of at least 4 members (excludes halogenated alkanes) is 6. The van der Waals surface area contributed by atoms with Crippen molar-refractivity contribution >= 4 is 5.97 Å². The topological polar surface area (TPSA) is 26.3 Å². The molecule has 1 aliphatic carbocycles. The molecule has 0 saturated heterocycles. The van der Waals surface area contributed by atoms with E-state index in [1.165, 1.54) is 82.3 Å². The van der Waals surface area contributed by atoms with Gasteiger partial charge in [0, 0.05) is 0 Å². The van der Waals surface area contributed by atoms with Crippen molar-refractivity contribution in [2.45, 2.75) is 110 Å². The number of aryl methyl sites for hydroxylation is 1. The number of rotatable bonds is 14. The van der Waals surface area contributed by atoms with E-state index in [-0.39, 0.29) is 17.3 Å². The van der Waals surface area contributed by atoms with E-state index >= 15 is 4.39 Å². The Labute approximate surface area is 241 Å². The van der Waals surface area contributed by atoms with Gasteiger partial charge in [-0.2, -0.15) is 0 Å². The van der Waals surface area contributed by atoms with Crippen molar-refractivity contribution in [3.05, 3.63) is 89.2 Å². The van der Waals surface area contributed by atoms with Crippen LogP contribution in [0.3, 0.4) is 0 Å². The third-order valence-electron chi connectivity index (χ3n) is 8.66. The van der Waals surface area contributed by atoms with Gasteiger partial charge in [-0.1, -0.05) is 108 Å². The summed E-state index contributed by atoms with van der Waals surface area (Å²) in [4.78, 5) is 12.8. The maximum atomic E-state index is 15.1. The van der Waals surface area contributed by atoms with Crippen molar-refractivity contribution in [1.29, 1.82) is 0 Å². The lowest BCUT2D eigenvalue weighted by atomic mass is 9.77. The minimum Gasteiger partial charge on any atom is -0.423 e. The summed E-state index contributed by atoms with van der Waals surface area (Å²) in [6.45, 7) is 4.48. The van der Waals surface area contributed by atoms with Crippen molar-refractivity contribution in [3.8, 4) is 16.9 Å². The van der Waals surface area contributed by atoms with Crippen LogP contribution in [0, 0.1) is 11.7 Å². The third-order valence-corrected chi connectivity index (χ3v) is 8.66. The molecule has 40 heavy (non-hydrogen) atoms. The van der Waals surface area contributed by atoms with Gasteiger partial charge in [-0.3, -0.25) is 0 Å². The predicted molar refractivity (Wildman–Crippen MR) is 165 cm³/mol. The van der Waals surface area contributed by atoms with Crippen molar-refractivity contribution in [2.75, 3.05) is 0 Å². The van der Waals surface area contributed by atoms with Crippen LogP contribution in [-0.2, 0) is 6.42 Å². The largest absolute Gasteiger partial charge is 0.423 e. The number of hydrogen-bond acceptors (Lipinski definition) is 2. The second-order valence-electron chi connectivity index (χ2n) is 11.7. The highest BCUT2D eigenvalue weighted by Gasteiger charge is 2.25. The maximum absolute atomic E-state index is 15.1. The summed E-state index contributed by atoms with van der Waals surface area (Å²) < 4.78 is 20.7. The molecule has 1 aliphatic rings. The van der Waals surface area contributed by atoms with Crippen LogP contribution in [0.4, 0.5) is 4.39 Å². The smallest absolute Gasteiger partial charge is 0.343 e. The normalized spacial score (nSPS) is 17.1. The molecule has 214 valence electrons. The fourth-order valence-electron chi connectivity index (χ4n) is 6.11. The van der Waals surface area contributed by atoms with E-state index in [0.717, 1.165) is 41.9 Å². The second-order valence-corrected chi connectivity index (χ2v) is 11.7. The van der Waals surface area contributed by atoms with Crippen molar-refractivity contribution < 1.29 is 13.9 Å². The Balaban J connectivity index is 1.27. The molecular formula is C37H47FO2. The van der Waals surface area contributed by atoms with E-state index in [9.17, 15) is 4.79 Å². The minimum absolute atomic E-state index is 0.250. The lowest BCUT2D eigenvalue weighted by molar-refractivity contribution is 0.0734. The molecule has 0 radical (unpaired) electrons. The number of benzene rings is 3. The van der Waals surface area contributed by atoms with Gasteiger partial charge in [-0.25, -0.2) is 9.18 Å². The van der Waals surface area contributed by atoms with E-state index < -0.39 is 5.97 Å². The van der Waals surface area contributed by atoms with Gasteiger partial charge in [-0.05, 0) is 96.9 Å². The molecule has 0 bridgehead atoms. The first-order chi connectivity index (χ1) is 19.6. The Morgan fingerprint density at radius 3 is 2.00 bits per heavy atom. The zero-order valence-electron chi connectivity index (χ0n) is 24.6. The lowest BCUT2D eigenvalue weighted by Crippen LogP contribution is -2.15. The molecule has 0 aromatic heterocycles. The van der Waals surface area contributed by atoms with Gasteiger partial charge in [0.05, 0.1) is 5.56 Å². The fourth-order valence-corrected chi connectivity index (χ4v) is 6.11. The van der Waals surface area contributed by atoms with Gasteiger partial charge < -0.3 is 4.74 Å². The zero-order valence-corrected chi connectivity index (χ0v) is 24.6. The molecule has 0 N–H and O–H groups in total. The van der Waals surface area contributed by atoms with E-state index in [4.69, 9.17) is 4.74 Å². The van der Waals surface area contributed by atoms with Gasteiger partial charge in [0.25, 0.3) is 0 Å². The number of hydrogen-bond donors (Lipinski definition) is 0. The van der Waals surface area contributed by atoms with Crippen LogP contribution in [0.2, 0.25) is 0 Å². The summed E-state index contributed by atoms with van der Waals surface area (Å²) in [6.07, 6.45) is 17.2. The lowest BCUT2D eigenvalue weighted by Gasteiger charge is -2.29. The quantitative estimate of drug-likeness (QED) is 0.115. The molecule has 0 spiro atoms. The fraction of sp³-hybridized carbons (Fsp3) is 0.486. The van der Waals surface area contributed by atoms with Gasteiger partial charge in [0.1, 0.15) is 11.6 Å². The monoisotopic (exact) mass is 542 g/mol. The SMILES string of the molecule is CCCCCCc1ccc(-c2ccc(OC(=O)c3ccc(C4CCC(CCCCCC)CC4)c(F)c3)cc2)cc1. The molecule has 3 heteroatoms. The van der Waals surface area contributed by atoms with E-state index in [1.54, 1.807) is 24.3 Å². The Morgan fingerprint density at radius 2 is 1.38 bits per heavy atom. The third kappa shape index (κ3) is 8.78. The second kappa shape index (κ2) is 15.7. The van der Waals surface area contributed by atoms with Gasteiger partial charge in [0.15, 0.2) is 0 Å². The summed E-state index contributed by atoms with van der Waals surface area (Å²) >= 11 is 0. The van der Waals surface area contributed by atoms with Crippen LogP contribution >= 0.6 is 0 Å². The molecule has 0 heterocycles. The van der Waals surface area contributed by atoms with Crippen LogP contribution in [0.25, 0.3) is 11.1 Å². The van der Waals surface area contributed by atoms with Crippen LogP contribution in [-0.4, -0.2) is 5.97 Å². The van der Waals surface area contributed by atoms with Crippen LogP contribution < -0.4 is 4.74 Å². The molecule has 0 amide bonds. The van der Waals surface area contributed by atoms with E-state index in [0.29, 0.717) is 5.75 Å². The molecule has 1 fully saturated rings. The molecule has 3 aromatic carbocycles. The number of halogens is 1. The Hall–Kier alpha value is -2.94. The first-order valence-corrected chi connectivity index (χ1v) is 15.8. The highest BCUT2D eigenvalue weighted by Crippen LogP contribution is 2.39. The molecular weight excluding hydrogens is 495 g/mol. The van der Waals surface area contributed by atoms with Gasteiger partial charge in [-0.15, -0.1) is 0 Å². The van der Waals surface area contributed by atoms with E-state index in [2.05, 4.69) is 38.1 Å². The molecule has 0 atom stereocenters.